The van der Waals surface area contributed by atoms with E-state index in [4.69, 9.17) is 4.98 Å². The number of amides is 1. The van der Waals surface area contributed by atoms with Crippen molar-refractivity contribution in [3.8, 4) is 11.1 Å². The minimum absolute atomic E-state index is 0.0562. The highest BCUT2D eigenvalue weighted by Crippen LogP contribution is 2.27. The second kappa shape index (κ2) is 9.18. The fourth-order valence-corrected chi connectivity index (χ4v) is 4.63. The van der Waals surface area contributed by atoms with Crippen LogP contribution in [0, 0.1) is 6.92 Å². The van der Waals surface area contributed by atoms with Gasteiger partial charge in [0, 0.05) is 31.4 Å². The van der Waals surface area contributed by atoms with Gasteiger partial charge in [-0.2, -0.15) is 5.10 Å². The zero-order valence-electron chi connectivity index (χ0n) is 19.7. The van der Waals surface area contributed by atoms with Crippen molar-refractivity contribution in [3.05, 3.63) is 88.7 Å². The van der Waals surface area contributed by atoms with Crippen LogP contribution in [0.15, 0.2) is 65.8 Å². The van der Waals surface area contributed by atoms with Gasteiger partial charge in [-0.25, -0.2) is 15.2 Å². The lowest BCUT2D eigenvalue weighted by molar-refractivity contribution is -0.121. The first-order valence-corrected chi connectivity index (χ1v) is 11.7. The number of carboxylic acids is 1. The molecule has 35 heavy (non-hydrogen) atoms. The molecule has 0 saturated heterocycles. The van der Waals surface area contributed by atoms with E-state index in [-0.39, 0.29) is 5.91 Å². The smallest absolute Gasteiger partial charge is 0.336 e. The molecule has 2 N–H and O–H groups in total. The van der Waals surface area contributed by atoms with Gasteiger partial charge >= 0.3 is 5.97 Å². The summed E-state index contributed by atoms with van der Waals surface area (Å²) < 4.78 is 2.23. The number of nitrogens with zero attached hydrogens (tertiary/aromatic N) is 3. The number of rotatable bonds is 6. The van der Waals surface area contributed by atoms with E-state index in [1.807, 2.05) is 36.4 Å². The highest BCUT2D eigenvalue weighted by atomic mass is 16.4. The van der Waals surface area contributed by atoms with Crippen molar-refractivity contribution in [3.63, 3.8) is 0 Å². The van der Waals surface area contributed by atoms with Gasteiger partial charge in [-0.15, -0.1) is 0 Å². The summed E-state index contributed by atoms with van der Waals surface area (Å²) in [6.45, 7) is 4.80. The van der Waals surface area contributed by atoms with Gasteiger partial charge in [-0.1, -0.05) is 49.4 Å². The number of carbonyl (C=O) groups excluding carboxylic acids is 1. The van der Waals surface area contributed by atoms with Gasteiger partial charge in [-0.3, -0.25) is 4.79 Å². The van der Waals surface area contributed by atoms with Crippen molar-refractivity contribution >= 4 is 28.6 Å². The molecule has 0 spiro atoms. The third-order valence-electron chi connectivity index (χ3n) is 6.44. The fourth-order valence-electron chi connectivity index (χ4n) is 4.63. The highest BCUT2D eigenvalue weighted by Gasteiger charge is 2.18. The van der Waals surface area contributed by atoms with Gasteiger partial charge in [0.1, 0.15) is 5.82 Å². The largest absolute Gasteiger partial charge is 0.478 e. The Bertz CT molecular complexity index is 1480. The number of hydrogen-bond acceptors (Lipinski definition) is 4. The molecule has 7 nitrogen and oxygen atoms in total. The minimum Gasteiger partial charge on any atom is -0.478 e. The molecule has 5 rings (SSSR count). The third kappa shape index (κ3) is 4.33. The van der Waals surface area contributed by atoms with Crippen molar-refractivity contribution in [2.24, 2.45) is 5.10 Å². The van der Waals surface area contributed by atoms with Crippen LogP contribution in [0.2, 0.25) is 0 Å². The van der Waals surface area contributed by atoms with Crippen LogP contribution in [0.5, 0.6) is 0 Å². The topological polar surface area (TPSA) is 96.6 Å². The molecule has 1 amide bonds. The van der Waals surface area contributed by atoms with Gasteiger partial charge in [0.25, 0.3) is 0 Å². The molecule has 7 heteroatoms. The van der Waals surface area contributed by atoms with Crippen LogP contribution in [0.4, 0.5) is 0 Å². The van der Waals surface area contributed by atoms with E-state index in [2.05, 4.69) is 41.1 Å². The first kappa shape index (κ1) is 22.5. The Morgan fingerprint density at radius 1 is 1.06 bits per heavy atom. The summed E-state index contributed by atoms with van der Waals surface area (Å²) in [6.07, 6.45) is 1.85. The molecule has 0 fully saturated rings. The summed E-state index contributed by atoms with van der Waals surface area (Å²) in [7, 11) is 0. The quantitative estimate of drug-likeness (QED) is 0.421. The number of aromatic carboxylic acids is 1. The van der Waals surface area contributed by atoms with E-state index in [0.717, 1.165) is 51.2 Å². The number of nitrogens with one attached hydrogen (secondary N) is 1. The van der Waals surface area contributed by atoms with E-state index in [1.165, 1.54) is 0 Å². The molecular formula is C28H26N4O3. The Morgan fingerprint density at radius 2 is 1.83 bits per heavy atom. The van der Waals surface area contributed by atoms with Gasteiger partial charge in [0.15, 0.2) is 0 Å². The van der Waals surface area contributed by atoms with Gasteiger partial charge < -0.3 is 9.67 Å². The molecule has 0 radical (unpaired) electrons. The zero-order valence-corrected chi connectivity index (χ0v) is 19.7. The Morgan fingerprint density at radius 3 is 2.51 bits per heavy atom. The van der Waals surface area contributed by atoms with Crippen molar-refractivity contribution in [1.82, 2.24) is 15.0 Å². The molecule has 1 aliphatic rings. The molecule has 4 aromatic rings. The van der Waals surface area contributed by atoms with Crippen molar-refractivity contribution in [2.45, 2.75) is 39.7 Å². The summed E-state index contributed by atoms with van der Waals surface area (Å²) in [5, 5.41) is 13.8. The van der Waals surface area contributed by atoms with Crippen LogP contribution in [-0.4, -0.2) is 32.2 Å². The van der Waals surface area contributed by atoms with Gasteiger partial charge in [0.05, 0.1) is 22.3 Å². The van der Waals surface area contributed by atoms with Crippen LogP contribution in [0.3, 0.4) is 0 Å². The van der Waals surface area contributed by atoms with E-state index in [0.29, 0.717) is 30.5 Å². The molecule has 176 valence electrons. The zero-order chi connectivity index (χ0) is 24.5. The van der Waals surface area contributed by atoms with Crippen molar-refractivity contribution in [1.29, 1.82) is 0 Å². The predicted octanol–water partition coefficient (Wildman–Crippen LogP) is 4.93. The van der Waals surface area contributed by atoms with Crippen LogP contribution >= 0.6 is 0 Å². The number of fused-ring (bicyclic) bond motifs is 1. The minimum atomic E-state index is -0.935. The van der Waals surface area contributed by atoms with E-state index in [9.17, 15) is 14.7 Å². The summed E-state index contributed by atoms with van der Waals surface area (Å²) >= 11 is 0. The number of hydrazone groups is 1. The number of carboxylic acid groups (broad SMARTS) is 1. The summed E-state index contributed by atoms with van der Waals surface area (Å²) in [6, 6.07) is 19.3. The van der Waals surface area contributed by atoms with Crippen LogP contribution in [-0.2, 0) is 17.8 Å². The SMILES string of the molecule is CCc1nc2c(C)cc(C3=NNC(=O)CC3)cc2n1Cc1ccc(-c2ccccc2C(=O)O)cc1. The first-order chi connectivity index (χ1) is 16.9. The lowest BCUT2D eigenvalue weighted by Crippen LogP contribution is -2.25. The molecule has 3 aromatic carbocycles. The number of carbonyl (C=O) groups is 2. The second-order valence-electron chi connectivity index (χ2n) is 8.77. The lowest BCUT2D eigenvalue weighted by Gasteiger charge is -2.14. The molecule has 0 saturated carbocycles. The number of aromatic nitrogens is 2. The molecular weight excluding hydrogens is 440 g/mol. The molecule has 0 unspecified atom stereocenters. The molecule has 0 aliphatic carbocycles. The Hall–Kier alpha value is -4.26. The van der Waals surface area contributed by atoms with E-state index < -0.39 is 5.97 Å². The van der Waals surface area contributed by atoms with Crippen LogP contribution in [0.1, 0.15) is 52.6 Å². The number of imidazole rings is 1. The number of hydrogen-bond donors (Lipinski definition) is 2. The maximum absolute atomic E-state index is 11.6. The van der Waals surface area contributed by atoms with Gasteiger partial charge in [-0.05, 0) is 47.4 Å². The molecule has 0 atom stereocenters. The van der Waals surface area contributed by atoms with Crippen LogP contribution < -0.4 is 5.43 Å². The predicted molar refractivity (Wildman–Crippen MR) is 136 cm³/mol. The van der Waals surface area contributed by atoms with Crippen molar-refractivity contribution < 1.29 is 14.7 Å². The summed E-state index contributed by atoms with van der Waals surface area (Å²) in [5.74, 6) is 0.00850. The molecule has 1 aliphatic heterocycles. The number of aryl methyl sites for hydroxylation is 2. The normalized spacial score (nSPS) is 13.5. The first-order valence-electron chi connectivity index (χ1n) is 11.7. The Kier molecular flexibility index (Phi) is 5.91. The third-order valence-corrected chi connectivity index (χ3v) is 6.44. The van der Waals surface area contributed by atoms with Crippen molar-refractivity contribution in [2.75, 3.05) is 0 Å². The Balaban J connectivity index is 1.51. The van der Waals surface area contributed by atoms with Crippen LogP contribution in [0.25, 0.3) is 22.2 Å². The molecule has 1 aromatic heterocycles. The Labute approximate surface area is 203 Å². The summed E-state index contributed by atoms with van der Waals surface area (Å²) in [4.78, 5) is 28.0. The monoisotopic (exact) mass is 466 g/mol. The molecule has 0 bridgehead atoms. The summed E-state index contributed by atoms with van der Waals surface area (Å²) in [5.41, 5.74) is 10.5. The number of benzene rings is 3. The average molecular weight is 467 g/mol. The standard InChI is InChI=1S/C28H26N4O3/c1-3-25-29-27-17(2)14-20(23-12-13-26(33)31-30-23)15-24(27)32(25)16-18-8-10-19(11-9-18)21-6-4-5-7-22(21)28(34)35/h4-11,14-15H,3,12-13,16H2,1-2H3,(H,31,33)(H,34,35). The maximum Gasteiger partial charge on any atom is 0.336 e. The van der Waals surface area contributed by atoms with E-state index in [1.54, 1.807) is 12.1 Å². The average Bonchev–Trinajstić information content (AvgIpc) is 3.23. The van der Waals surface area contributed by atoms with E-state index >= 15 is 0 Å². The second-order valence-corrected chi connectivity index (χ2v) is 8.77. The fraction of sp³-hybridized carbons (Fsp3) is 0.214. The van der Waals surface area contributed by atoms with Gasteiger partial charge in [0.2, 0.25) is 5.91 Å². The highest BCUT2D eigenvalue weighted by molar-refractivity contribution is 6.06. The maximum atomic E-state index is 11.6. The molecule has 2 heterocycles. The lowest BCUT2D eigenvalue weighted by atomic mass is 9.98.